The number of sulfonamides is 1. The summed E-state index contributed by atoms with van der Waals surface area (Å²) >= 11 is 3.23. The van der Waals surface area contributed by atoms with Gasteiger partial charge in [0, 0.05) is 21.8 Å². The zero-order chi connectivity index (χ0) is 16.4. The maximum Gasteiger partial charge on any atom is 0.263 e. The van der Waals surface area contributed by atoms with Crippen molar-refractivity contribution in [3.05, 3.63) is 58.6 Å². The number of benzene rings is 2. The van der Waals surface area contributed by atoms with E-state index in [4.69, 9.17) is 0 Å². The first-order valence-corrected chi connectivity index (χ1v) is 9.41. The number of carbonyl (C=O) groups excluding carboxylic acids is 1. The molecule has 3 rings (SSSR count). The van der Waals surface area contributed by atoms with Crippen molar-refractivity contribution in [3.63, 3.8) is 0 Å². The number of carbonyl (C=O) groups is 1. The Kier molecular flexibility index (Phi) is 4.41. The predicted octanol–water partition coefficient (Wildman–Crippen LogP) is 3.14. The molecule has 1 amide bonds. The first-order chi connectivity index (χ1) is 11.0. The Bertz CT molecular complexity index is 831. The van der Waals surface area contributed by atoms with E-state index < -0.39 is 10.0 Å². The Morgan fingerprint density at radius 1 is 1.04 bits per heavy atom. The fraction of sp³-hybridized carbons (Fsp3) is 0.188. The molecule has 0 atom stereocenters. The molecule has 1 saturated carbocycles. The molecule has 23 heavy (non-hydrogen) atoms. The molecule has 0 aromatic heterocycles. The summed E-state index contributed by atoms with van der Waals surface area (Å²) in [4.78, 5) is 12.1. The number of anilines is 1. The summed E-state index contributed by atoms with van der Waals surface area (Å²) in [6.45, 7) is 0. The molecule has 0 saturated heterocycles. The Hall–Kier alpha value is -1.86. The fourth-order valence-corrected chi connectivity index (χ4v) is 4.12. The van der Waals surface area contributed by atoms with Crippen molar-refractivity contribution in [2.24, 2.45) is 0 Å². The van der Waals surface area contributed by atoms with Gasteiger partial charge in [-0.1, -0.05) is 12.1 Å². The molecular formula is C16H15BrN2O3S. The number of halogens is 1. The lowest BCUT2D eigenvalue weighted by Gasteiger charge is -2.10. The van der Waals surface area contributed by atoms with Gasteiger partial charge in [0.2, 0.25) is 0 Å². The highest BCUT2D eigenvalue weighted by Crippen LogP contribution is 2.24. The van der Waals surface area contributed by atoms with E-state index in [2.05, 4.69) is 26.0 Å². The summed E-state index contributed by atoms with van der Waals surface area (Å²) in [5.74, 6) is -0.132. The molecule has 2 aromatic rings. The average molecular weight is 395 g/mol. The molecule has 0 aliphatic heterocycles. The number of rotatable bonds is 5. The average Bonchev–Trinajstić information content (AvgIpc) is 3.31. The van der Waals surface area contributed by atoms with E-state index in [1.165, 1.54) is 6.07 Å². The van der Waals surface area contributed by atoms with Crippen molar-refractivity contribution < 1.29 is 13.2 Å². The zero-order valence-corrected chi connectivity index (χ0v) is 14.5. The summed E-state index contributed by atoms with van der Waals surface area (Å²) in [6.07, 6.45) is 2.05. The molecule has 1 aliphatic carbocycles. The van der Waals surface area contributed by atoms with Crippen LogP contribution in [0.4, 0.5) is 5.69 Å². The number of hydrogen-bond donors (Lipinski definition) is 2. The SMILES string of the molecule is O=C(NC1CC1)c1ccc(NS(=O)(=O)c2ccccc2Br)cc1. The van der Waals surface area contributed by atoms with E-state index in [0.717, 1.165) is 12.8 Å². The third-order valence-corrected chi connectivity index (χ3v) is 5.83. The molecule has 0 heterocycles. The van der Waals surface area contributed by atoms with Gasteiger partial charge in [-0.2, -0.15) is 0 Å². The van der Waals surface area contributed by atoms with Crippen LogP contribution >= 0.6 is 15.9 Å². The van der Waals surface area contributed by atoms with Gasteiger partial charge >= 0.3 is 0 Å². The number of hydrogen-bond acceptors (Lipinski definition) is 3. The Balaban J connectivity index is 1.75. The van der Waals surface area contributed by atoms with Gasteiger partial charge in [0.05, 0.1) is 0 Å². The number of nitrogens with one attached hydrogen (secondary N) is 2. The highest BCUT2D eigenvalue weighted by molar-refractivity contribution is 9.10. The molecule has 7 heteroatoms. The minimum Gasteiger partial charge on any atom is -0.349 e. The van der Waals surface area contributed by atoms with Crippen LogP contribution in [0.25, 0.3) is 0 Å². The minimum absolute atomic E-state index is 0.132. The molecule has 120 valence electrons. The van der Waals surface area contributed by atoms with E-state index in [1.807, 2.05) is 0 Å². The molecule has 2 N–H and O–H groups in total. The van der Waals surface area contributed by atoms with Crippen LogP contribution in [0.5, 0.6) is 0 Å². The molecule has 0 radical (unpaired) electrons. The summed E-state index contributed by atoms with van der Waals surface area (Å²) in [5.41, 5.74) is 0.921. The summed E-state index contributed by atoms with van der Waals surface area (Å²) in [6, 6.07) is 13.2. The second kappa shape index (κ2) is 6.33. The smallest absolute Gasteiger partial charge is 0.263 e. The summed E-state index contributed by atoms with van der Waals surface area (Å²) in [7, 11) is -3.68. The Morgan fingerprint density at radius 3 is 2.30 bits per heavy atom. The van der Waals surface area contributed by atoms with Crippen molar-refractivity contribution in [1.29, 1.82) is 0 Å². The second-order valence-corrected chi connectivity index (χ2v) is 7.87. The molecule has 0 bridgehead atoms. The fourth-order valence-electron chi connectivity index (χ4n) is 2.06. The molecular weight excluding hydrogens is 380 g/mol. The van der Waals surface area contributed by atoms with Crippen molar-refractivity contribution in [2.45, 2.75) is 23.8 Å². The van der Waals surface area contributed by atoms with Crippen molar-refractivity contribution in [1.82, 2.24) is 5.32 Å². The standard InChI is InChI=1S/C16H15BrN2O3S/c17-14-3-1-2-4-15(14)23(21,22)19-13-7-5-11(6-8-13)16(20)18-12-9-10-12/h1-8,12,19H,9-10H2,(H,18,20). The van der Waals surface area contributed by atoms with Gasteiger partial charge in [-0.3, -0.25) is 9.52 Å². The molecule has 5 nitrogen and oxygen atoms in total. The lowest BCUT2D eigenvalue weighted by molar-refractivity contribution is 0.0951. The highest BCUT2D eigenvalue weighted by Gasteiger charge is 2.23. The van der Waals surface area contributed by atoms with Crippen LogP contribution in [0.3, 0.4) is 0 Å². The van der Waals surface area contributed by atoms with Crippen LogP contribution < -0.4 is 10.0 Å². The lowest BCUT2D eigenvalue weighted by atomic mass is 10.2. The van der Waals surface area contributed by atoms with E-state index >= 15 is 0 Å². The maximum absolute atomic E-state index is 12.4. The van der Waals surface area contributed by atoms with E-state index in [1.54, 1.807) is 42.5 Å². The van der Waals surface area contributed by atoms with Crippen molar-refractivity contribution >= 4 is 37.5 Å². The first kappa shape index (κ1) is 16.0. The van der Waals surface area contributed by atoms with Gasteiger partial charge in [-0.15, -0.1) is 0 Å². The second-order valence-electron chi connectivity index (χ2n) is 5.36. The van der Waals surface area contributed by atoms with E-state index in [-0.39, 0.29) is 16.8 Å². The minimum atomic E-state index is -3.68. The quantitative estimate of drug-likeness (QED) is 0.817. The zero-order valence-electron chi connectivity index (χ0n) is 12.1. The van der Waals surface area contributed by atoms with Crippen LogP contribution in [0.1, 0.15) is 23.2 Å². The van der Waals surface area contributed by atoms with Gasteiger partial charge in [-0.05, 0) is 65.2 Å². The van der Waals surface area contributed by atoms with E-state index in [9.17, 15) is 13.2 Å². The number of amides is 1. The van der Waals surface area contributed by atoms with Gasteiger partial charge in [0.25, 0.3) is 15.9 Å². The third-order valence-electron chi connectivity index (χ3n) is 3.44. The predicted molar refractivity (Wildman–Crippen MR) is 91.9 cm³/mol. The van der Waals surface area contributed by atoms with Crippen molar-refractivity contribution in [2.75, 3.05) is 4.72 Å². The first-order valence-electron chi connectivity index (χ1n) is 7.14. The Labute approximate surface area is 143 Å². The summed E-state index contributed by atoms with van der Waals surface area (Å²) in [5, 5.41) is 2.89. The summed E-state index contributed by atoms with van der Waals surface area (Å²) < 4.78 is 27.7. The molecule has 0 unspecified atom stereocenters. The van der Waals surface area contributed by atoms with E-state index in [0.29, 0.717) is 15.7 Å². The monoisotopic (exact) mass is 394 g/mol. The topological polar surface area (TPSA) is 75.3 Å². The van der Waals surface area contributed by atoms with Gasteiger partial charge in [-0.25, -0.2) is 8.42 Å². The molecule has 2 aromatic carbocycles. The molecule has 1 aliphatic rings. The van der Waals surface area contributed by atoms with Crippen LogP contribution in [-0.2, 0) is 10.0 Å². The van der Waals surface area contributed by atoms with Crippen molar-refractivity contribution in [3.8, 4) is 0 Å². The largest absolute Gasteiger partial charge is 0.349 e. The molecule has 0 spiro atoms. The van der Waals surface area contributed by atoms with Crippen LogP contribution in [0.2, 0.25) is 0 Å². The van der Waals surface area contributed by atoms with Gasteiger partial charge in [0.1, 0.15) is 4.90 Å². The third kappa shape index (κ3) is 3.92. The maximum atomic E-state index is 12.4. The van der Waals surface area contributed by atoms with Crippen LogP contribution in [0, 0.1) is 0 Å². The highest BCUT2D eigenvalue weighted by atomic mass is 79.9. The van der Waals surface area contributed by atoms with Gasteiger partial charge in [0.15, 0.2) is 0 Å². The van der Waals surface area contributed by atoms with Crippen LogP contribution in [0.15, 0.2) is 57.9 Å². The van der Waals surface area contributed by atoms with Crippen LogP contribution in [-0.4, -0.2) is 20.4 Å². The Morgan fingerprint density at radius 2 is 1.70 bits per heavy atom. The molecule has 1 fully saturated rings. The van der Waals surface area contributed by atoms with Gasteiger partial charge < -0.3 is 5.32 Å². The normalized spacial score (nSPS) is 14.3. The lowest BCUT2D eigenvalue weighted by Crippen LogP contribution is -2.25.